The number of hydrogen-bond donors (Lipinski definition) is 1. The van der Waals surface area contributed by atoms with Gasteiger partial charge in [-0.1, -0.05) is 13.8 Å². The van der Waals surface area contributed by atoms with Crippen LogP contribution in [0.2, 0.25) is 0 Å². The predicted octanol–water partition coefficient (Wildman–Crippen LogP) is 0.710. The van der Waals surface area contributed by atoms with Crippen molar-refractivity contribution in [3.8, 4) is 0 Å². The summed E-state index contributed by atoms with van der Waals surface area (Å²) in [6, 6.07) is 0. The lowest BCUT2D eigenvalue weighted by Gasteiger charge is -2.23. The molecule has 13 heavy (non-hydrogen) atoms. The molecule has 0 aromatic heterocycles. The second-order valence-electron chi connectivity index (χ2n) is 3.67. The first-order chi connectivity index (χ1) is 6.27. The maximum atomic E-state index is 11.3. The fourth-order valence-corrected chi connectivity index (χ4v) is 2.19. The van der Waals surface area contributed by atoms with Crippen LogP contribution in [0.25, 0.3) is 0 Å². The molecule has 2 aliphatic rings. The van der Waals surface area contributed by atoms with E-state index in [1.165, 1.54) is 6.42 Å². The molecule has 0 aromatic carbocycles. The van der Waals surface area contributed by atoms with E-state index < -0.39 is 0 Å². The Balaban J connectivity index is 0.000000396. The molecule has 2 saturated heterocycles. The molecule has 2 atom stereocenters. The first-order valence-electron chi connectivity index (χ1n) is 5.23. The van der Waals surface area contributed by atoms with E-state index in [1.54, 1.807) is 0 Å². The van der Waals surface area contributed by atoms with E-state index in [0.717, 1.165) is 19.6 Å². The third-order valence-corrected chi connectivity index (χ3v) is 2.77. The average Bonchev–Trinajstić information content (AvgIpc) is 2.51. The lowest BCUT2D eigenvalue weighted by Crippen LogP contribution is -2.41. The average molecular weight is 184 g/mol. The highest BCUT2D eigenvalue weighted by Crippen LogP contribution is 2.27. The van der Waals surface area contributed by atoms with Crippen LogP contribution >= 0.6 is 0 Å². The monoisotopic (exact) mass is 184 g/mol. The van der Waals surface area contributed by atoms with Crippen molar-refractivity contribution in [1.29, 1.82) is 0 Å². The summed E-state index contributed by atoms with van der Waals surface area (Å²) in [4.78, 5) is 13.5. The van der Waals surface area contributed by atoms with Crippen molar-refractivity contribution < 1.29 is 4.79 Å². The molecule has 1 amide bonds. The van der Waals surface area contributed by atoms with Crippen LogP contribution in [0.5, 0.6) is 0 Å². The van der Waals surface area contributed by atoms with Gasteiger partial charge in [-0.2, -0.15) is 0 Å². The van der Waals surface area contributed by atoms with E-state index >= 15 is 0 Å². The van der Waals surface area contributed by atoms with Crippen molar-refractivity contribution in [3.05, 3.63) is 0 Å². The lowest BCUT2D eigenvalue weighted by molar-refractivity contribution is -0.127. The number of carbonyl (C=O) groups is 1. The molecule has 0 radical (unpaired) electrons. The van der Waals surface area contributed by atoms with Gasteiger partial charge in [0.2, 0.25) is 5.91 Å². The van der Waals surface area contributed by atoms with Gasteiger partial charge in [0.05, 0.1) is 5.92 Å². The van der Waals surface area contributed by atoms with Gasteiger partial charge < -0.3 is 10.2 Å². The zero-order chi connectivity index (χ0) is 9.84. The summed E-state index contributed by atoms with van der Waals surface area (Å²) in [5.41, 5.74) is 0. The van der Waals surface area contributed by atoms with Gasteiger partial charge in [0.25, 0.3) is 0 Å². The maximum Gasteiger partial charge on any atom is 0.224 e. The zero-order valence-electron chi connectivity index (χ0n) is 8.84. The highest BCUT2D eigenvalue weighted by atomic mass is 16.2. The zero-order valence-corrected chi connectivity index (χ0v) is 8.84. The molecule has 76 valence electrons. The number of amides is 1. The van der Waals surface area contributed by atoms with Crippen LogP contribution in [0, 0.1) is 11.8 Å². The summed E-state index contributed by atoms with van der Waals surface area (Å²) in [7, 11) is 2.09. The number of fused-ring (bicyclic) bond motifs is 1. The number of hydrogen-bond acceptors (Lipinski definition) is 2. The second kappa shape index (κ2) is 4.61. The first kappa shape index (κ1) is 10.5. The Morgan fingerprint density at radius 2 is 2.08 bits per heavy atom. The van der Waals surface area contributed by atoms with Crippen molar-refractivity contribution >= 4 is 5.91 Å². The van der Waals surface area contributed by atoms with Gasteiger partial charge in [-0.3, -0.25) is 4.79 Å². The SMILES string of the molecule is CC.CN1CC2CCNC(=O)C2C1. The number of carbonyl (C=O) groups excluding carboxylic acids is 1. The van der Waals surface area contributed by atoms with Crippen LogP contribution < -0.4 is 5.32 Å². The number of piperidine rings is 1. The van der Waals surface area contributed by atoms with E-state index in [0.29, 0.717) is 5.92 Å². The number of likely N-dealkylation sites (tertiary alicyclic amines) is 1. The second-order valence-corrected chi connectivity index (χ2v) is 3.67. The Labute approximate surface area is 80.5 Å². The number of rotatable bonds is 0. The minimum atomic E-state index is 0.269. The number of nitrogens with one attached hydrogen (secondary N) is 1. The van der Waals surface area contributed by atoms with Crippen LogP contribution in [-0.4, -0.2) is 37.5 Å². The fourth-order valence-electron chi connectivity index (χ4n) is 2.19. The molecule has 2 aliphatic heterocycles. The summed E-state index contributed by atoms with van der Waals surface area (Å²) in [6.07, 6.45) is 1.17. The van der Waals surface area contributed by atoms with Crippen molar-refractivity contribution in [3.63, 3.8) is 0 Å². The Morgan fingerprint density at radius 3 is 2.69 bits per heavy atom. The summed E-state index contributed by atoms with van der Waals surface area (Å²) in [5.74, 6) is 1.19. The molecule has 2 rings (SSSR count). The molecular weight excluding hydrogens is 164 g/mol. The largest absolute Gasteiger partial charge is 0.356 e. The third-order valence-electron chi connectivity index (χ3n) is 2.77. The summed E-state index contributed by atoms with van der Waals surface area (Å²) >= 11 is 0. The lowest BCUT2D eigenvalue weighted by atomic mass is 9.89. The highest BCUT2D eigenvalue weighted by Gasteiger charge is 2.37. The molecule has 3 heteroatoms. The van der Waals surface area contributed by atoms with Gasteiger partial charge in [0.1, 0.15) is 0 Å². The van der Waals surface area contributed by atoms with Crippen molar-refractivity contribution in [2.75, 3.05) is 26.7 Å². The van der Waals surface area contributed by atoms with Gasteiger partial charge in [-0.15, -0.1) is 0 Å². The molecule has 1 N–H and O–H groups in total. The quantitative estimate of drug-likeness (QED) is 0.601. The van der Waals surface area contributed by atoms with Gasteiger partial charge in [-0.25, -0.2) is 0 Å². The van der Waals surface area contributed by atoms with E-state index in [9.17, 15) is 4.79 Å². The minimum Gasteiger partial charge on any atom is -0.356 e. The Kier molecular flexibility index (Phi) is 3.72. The van der Waals surface area contributed by atoms with Crippen LogP contribution in [0.1, 0.15) is 20.3 Å². The Bertz CT molecular complexity index is 182. The molecule has 0 aliphatic carbocycles. The topological polar surface area (TPSA) is 32.3 Å². The summed E-state index contributed by atoms with van der Waals surface area (Å²) < 4.78 is 0. The van der Waals surface area contributed by atoms with E-state index in [2.05, 4.69) is 17.3 Å². The fraction of sp³-hybridized carbons (Fsp3) is 0.900. The smallest absolute Gasteiger partial charge is 0.224 e. The van der Waals surface area contributed by atoms with Crippen molar-refractivity contribution in [1.82, 2.24) is 10.2 Å². The van der Waals surface area contributed by atoms with E-state index in [4.69, 9.17) is 0 Å². The van der Waals surface area contributed by atoms with Crippen molar-refractivity contribution in [2.24, 2.45) is 11.8 Å². The predicted molar refractivity (Wildman–Crippen MR) is 53.5 cm³/mol. The molecule has 3 nitrogen and oxygen atoms in total. The molecule has 0 aromatic rings. The van der Waals surface area contributed by atoms with Gasteiger partial charge in [-0.05, 0) is 19.4 Å². The van der Waals surface area contributed by atoms with Gasteiger partial charge >= 0.3 is 0 Å². The highest BCUT2D eigenvalue weighted by molar-refractivity contribution is 5.80. The Hall–Kier alpha value is -0.570. The minimum absolute atomic E-state index is 0.269. The van der Waals surface area contributed by atoms with E-state index in [-0.39, 0.29) is 11.8 Å². The Morgan fingerprint density at radius 1 is 1.38 bits per heavy atom. The summed E-state index contributed by atoms with van der Waals surface area (Å²) in [6.45, 7) is 6.95. The van der Waals surface area contributed by atoms with Crippen LogP contribution in [-0.2, 0) is 4.79 Å². The van der Waals surface area contributed by atoms with E-state index in [1.807, 2.05) is 13.8 Å². The maximum absolute atomic E-state index is 11.3. The van der Waals surface area contributed by atoms with Crippen LogP contribution in [0.3, 0.4) is 0 Å². The molecule has 0 bridgehead atoms. The standard InChI is InChI=1S/C8H14N2O.C2H6/c1-10-4-6-2-3-9-8(11)7(6)5-10;1-2/h6-7H,2-5H2,1H3,(H,9,11);1-2H3. The summed E-state index contributed by atoms with van der Waals surface area (Å²) in [5, 5.41) is 2.91. The first-order valence-corrected chi connectivity index (χ1v) is 5.23. The molecule has 0 saturated carbocycles. The molecule has 2 fully saturated rings. The van der Waals surface area contributed by atoms with Crippen molar-refractivity contribution in [2.45, 2.75) is 20.3 Å². The third kappa shape index (κ3) is 2.21. The molecule has 0 spiro atoms. The molecule has 2 unspecified atom stereocenters. The van der Waals surface area contributed by atoms with Crippen LogP contribution in [0.4, 0.5) is 0 Å². The van der Waals surface area contributed by atoms with Gasteiger partial charge in [0.15, 0.2) is 0 Å². The molecular formula is C10H20N2O. The van der Waals surface area contributed by atoms with Crippen LogP contribution in [0.15, 0.2) is 0 Å². The van der Waals surface area contributed by atoms with Gasteiger partial charge in [0, 0.05) is 19.6 Å². The molecule has 2 heterocycles. The number of nitrogens with zero attached hydrogens (tertiary/aromatic N) is 1. The normalized spacial score (nSPS) is 33.0.